The number of rotatable bonds is 2. The molecule has 0 aliphatic heterocycles. The predicted molar refractivity (Wildman–Crippen MR) is 62.3 cm³/mol. The molecular weight excluding hydrogens is 200 g/mol. The highest BCUT2D eigenvalue weighted by molar-refractivity contribution is 5.99. The summed E-state index contributed by atoms with van der Waals surface area (Å²) in [5, 5.41) is 0. The van der Waals surface area contributed by atoms with Crippen LogP contribution in [0.1, 0.15) is 30.4 Å². The summed E-state index contributed by atoms with van der Waals surface area (Å²) in [5.74, 6) is -0.184. The minimum absolute atomic E-state index is 0.0418. The molecular formula is C14H14O2. The van der Waals surface area contributed by atoms with E-state index in [1.165, 1.54) is 6.92 Å². The Morgan fingerprint density at radius 1 is 1.38 bits per heavy atom. The molecule has 1 aliphatic carbocycles. The Kier molecular flexibility index (Phi) is 3.00. The van der Waals surface area contributed by atoms with Crippen molar-refractivity contribution in [1.29, 1.82) is 0 Å². The van der Waals surface area contributed by atoms with E-state index in [2.05, 4.69) is 0 Å². The second kappa shape index (κ2) is 4.44. The molecule has 16 heavy (non-hydrogen) atoms. The Hall–Kier alpha value is -1.70. The largest absolute Gasteiger partial charge is 0.300 e. The topological polar surface area (TPSA) is 34.1 Å². The first-order valence-corrected chi connectivity index (χ1v) is 5.46. The molecule has 1 aliphatic rings. The first-order chi connectivity index (χ1) is 7.68. The number of carbonyl (C=O) groups is 2. The van der Waals surface area contributed by atoms with Crippen LogP contribution < -0.4 is 0 Å². The molecule has 0 spiro atoms. The quantitative estimate of drug-likeness (QED) is 0.757. The average Bonchev–Trinajstić information content (AvgIpc) is 2.40. The highest BCUT2D eigenvalue weighted by Gasteiger charge is 2.23. The van der Waals surface area contributed by atoms with Crippen LogP contribution in [0.3, 0.4) is 0 Å². The smallest absolute Gasteiger partial charge is 0.163 e. The number of hydrogen-bond acceptors (Lipinski definition) is 2. The second-order valence-electron chi connectivity index (χ2n) is 4.17. The molecule has 2 heteroatoms. The van der Waals surface area contributed by atoms with Crippen LogP contribution in [-0.4, -0.2) is 11.6 Å². The van der Waals surface area contributed by atoms with E-state index in [4.69, 9.17) is 0 Å². The Labute approximate surface area is 95.0 Å². The van der Waals surface area contributed by atoms with Gasteiger partial charge in [-0.25, -0.2) is 0 Å². The van der Waals surface area contributed by atoms with Gasteiger partial charge in [0.05, 0.1) is 5.92 Å². The van der Waals surface area contributed by atoms with Crippen molar-refractivity contribution in [3.63, 3.8) is 0 Å². The normalized spacial score (nSPS) is 19.1. The van der Waals surface area contributed by atoms with Gasteiger partial charge >= 0.3 is 0 Å². The zero-order valence-corrected chi connectivity index (χ0v) is 9.27. The van der Waals surface area contributed by atoms with Gasteiger partial charge in [0.1, 0.15) is 5.78 Å². The fraction of sp³-hybridized carbons (Fsp3) is 0.286. The monoisotopic (exact) mass is 214 g/mol. The maximum absolute atomic E-state index is 11.9. The molecule has 0 heterocycles. The van der Waals surface area contributed by atoms with Crippen molar-refractivity contribution in [1.82, 2.24) is 0 Å². The SMILES string of the molecule is CC(=O)CC1C(=O)C=CCc2ccccc21. The Morgan fingerprint density at radius 3 is 2.88 bits per heavy atom. The van der Waals surface area contributed by atoms with Gasteiger partial charge in [0.15, 0.2) is 5.78 Å². The third-order valence-corrected chi connectivity index (χ3v) is 2.89. The van der Waals surface area contributed by atoms with Gasteiger partial charge in [-0.2, -0.15) is 0 Å². The summed E-state index contributed by atoms with van der Waals surface area (Å²) in [5.41, 5.74) is 2.16. The molecule has 0 fully saturated rings. The van der Waals surface area contributed by atoms with Crippen molar-refractivity contribution in [3.05, 3.63) is 47.5 Å². The lowest BCUT2D eigenvalue weighted by molar-refractivity contribution is -0.122. The summed E-state index contributed by atoms with van der Waals surface area (Å²) < 4.78 is 0. The highest BCUT2D eigenvalue weighted by Crippen LogP contribution is 2.28. The maximum atomic E-state index is 11.9. The van der Waals surface area contributed by atoms with Gasteiger partial charge in [-0.3, -0.25) is 9.59 Å². The van der Waals surface area contributed by atoms with E-state index in [0.717, 1.165) is 17.5 Å². The lowest BCUT2D eigenvalue weighted by Crippen LogP contribution is -2.13. The first-order valence-electron chi connectivity index (χ1n) is 5.46. The summed E-state index contributed by atoms with van der Waals surface area (Å²) in [7, 11) is 0. The van der Waals surface area contributed by atoms with Crippen LogP contribution in [0, 0.1) is 0 Å². The lowest BCUT2D eigenvalue weighted by Gasteiger charge is -2.14. The fourth-order valence-corrected chi connectivity index (χ4v) is 2.13. The van der Waals surface area contributed by atoms with Crippen LogP contribution >= 0.6 is 0 Å². The van der Waals surface area contributed by atoms with Crippen LogP contribution in [0.15, 0.2) is 36.4 Å². The van der Waals surface area contributed by atoms with Crippen molar-refractivity contribution in [3.8, 4) is 0 Å². The summed E-state index contributed by atoms with van der Waals surface area (Å²) in [6.45, 7) is 1.53. The average molecular weight is 214 g/mol. The molecule has 0 saturated heterocycles. The zero-order chi connectivity index (χ0) is 11.5. The fourth-order valence-electron chi connectivity index (χ4n) is 2.13. The summed E-state index contributed by atoms with van der Waals surface area (Å²) in [6, 6.07) is 7.86. The van der Waals surface area contributed by atoms with Gasteiger partial charge in [0.25, 0.3) is 0 Å². The molecule has 0 N–H and O–H groups in total. The van der Waals surface area contributed by atoms with Crippen LogP contribution in [0.5, 0.6) is 0 Å². The van der Waals surface area contributed by atoms with E-state index in [0.29, 0.717) is 6.42 Å². The van der Waals surface area contributed by atoms with E-state index in [9.17, 15) is 9.59 Å². The molecule has 0 saturated carbocycles. The van der Waals surface area contributed by atoms with Gasteiger partial charge in [0, 0.05) is 6.42 Å². The van der Waals surface area contributed by atoms with E-state index in [1.807, 2.05) is 30.3 Å². The van der Waals surface area contributed by atoms with E-state index in [-0.39, 0.29) is 17.5 Å². The van der Waals surface area contributed by atoms with Gasteiger partial charge in [-0.15, -0.1) is 0 Å². The summed E-state index contributed by atoms with van der Waals surface area (Å²) in [4.78, 5) is 23.1. The van der Waals surface area contributed by atoms with Crippen molar-refractivity contribution in [2.75, 3.05) is 0 Å². The van der Waals surface area contributed by atoms with E-state index in [1.54, 1.807) is 6.08 Å². The van der Waals surface area contributed by atoms with Crippen molar-refractivity contribution >= 4 is 11.6 Å². The number of fused-ring (bicyclic) bond motifs is 1. The maximum Gasteiger partial charge on any atom is 0.163 e. The molecule has 1 atom stereocenters. The Morgan fingerprint density at radius 2 is 2.12 bits per heavy atom. The molecule has 1 aromatic carbocycles. The first kappa shape index (κ1) is 10.8. The molecule has 1 aromatic rings. The zero-order valence-electron chi connectivity index (χ0n) is 9.27. The standard InChI is InChI=1S/C14H14O2/c1-10(15)9-13-12-7-3-2-5-11(12)6-4-8-14(13)16/h2-5,7-8,13H,6,9H2,1H3. The lowest BCUT2D eigenvalue weighted by atomic mass is 9.88. The Balaban J connectivity index is 2.44. The molecule has 0 radical (unpaired) electrons. The number of ketones is 2. The van der Waals surface area contributed by atoms with Crippen molar-refractivity contribution in [2.45, 2.75) is 25.7 Å². The molecule has 82 valence electrons. The number of benzene rings is 1. The summed E-state index contributed by atoms with van der Waals surface area (Å²) >= 11 is 0. The van der Waals surface area contributed by atoms with Crippen LogP contribution in [0.4, 0.5) is 0 Å². The Bertz CT molecular complexity index is 458. The van der Waals surface area contributed by atoms with E-state index >= 15 is 0 Å². The van der Waals surface area contributed by atoms with Crippen LogP contribution in [-0.2, 0) is 16.0 Å². The van der Waals surface area contributed by atoms with Gasteiger partial charge < -0.3 is 0 Å². The van der Waals surface area contributed by atoms with Crippen molar-refractivity contribution in [2.24, 2.45) is 0 Å². The molecule has 0 bridgehead atoms. The molecule has 0 aromatic heterocycles. The van der Waals surface area contributed by atoms with E-state index < -0.39 is 0 Å². The number of hydrogen-bond donors (Lipinski definition) is 0. The van der Waals surface area contributed by atoms with Crippen LogP contribution in [0.25, 0.3) is 0 Å². The number of Topliss-reactive ketones (excluding diaryl/α,β-unsaturated/α-hetero) is 1. The molecule has 2 rings (SSSR count). The number of carbonyl (C=O) groups excluding carboxylic acids is 2. The minimum Gasteiger partial charge on any atom is -0.300 e. The van der Waals surface area contributed by atoms with Gasteiger partial charge in [-0.1, -0.05) is 30.3 Å². The molecule has 0 amide bonds. The second-order valence-corrected chi connectivity index (χ2v) is 4.17. The third-order valence-electron chi connectivity index (χ3n) is 2.89. The van der Waals surface area contributed by atoms with Crippen molar-refractivity contribution < 1.29 is 9.59 Å². The number of allylic oxidation sites excluding steroid dienone is 2. The predicted octanol–water partition coefficient (Wildman–Crippen LogP) is 2.43. The molecule has 1 unspecified atom stereocenters. The summed E-state index contributed by atoms with van der Waals surface area (Å²) in [6.07, 6.45) is 4.56. The third kappa shape index (κ3) is 2.11. The van der Waals surface area contributed by atoms with Gasteiger partial charge in [-0.05, 0) is 30.5 Å². The van der Waals surface area contributed by atoms with Gasteiger partial charge in [0.2, 0.25) is 0 Å². The highest BCUT2D eigenvalue weighted by atomic mass is 16.1. The van der Waals surface area contributed by atoms with Crippen LogP contribution in [0.2, 0.25) is 0 Å². The molecule has 2 nitrogen and oxygen atoms in total. The minimum atomic E-state index is -0.285.